The minimum absolute atomic E-state index is 0. The summed E-state index contributed by atoms with van der Waals surface area (Å²) >= 11 is 1.60. The average molecular weight is 320 g/mol. The molecule has 0 radical (unpaired) electrons. The first-order valence-electron chi connectivity index (χ1n) is 5.64. The van der Waals surface area contributed by atoms with Gasteiger partial charge in [0.15, 0.2) is 10.9 Å². The van der Waals surface area contributed by atoms with E-state index in [9.17, 15) is 0 Å². The average Bonchev–Trinajstić information content (AvgIpc) is 3.00. The van der Waals surface area contributed by atoms with Crippen LogP contribution in [0.4, 0.5) is 10.9 Å². The highest BCUT2D eigenvalue weighted by atomic mass is 35.5. The molecule has 0 saturated carbocycles. The van der Waals surface area contributed by atoms with Crippen LogP contribution in [0.1, 0.15) is 24.6 Å². The van der Waals surface area contributed by atoms with Crippen molar-refractivity contribution in [1.29, 1.82) is 0 Å². The summed E-state index contributed by atoms with van der Waals surface area (Å²) < 4.78 is 0. The quantitative estimate of drug-likeness (QED) is 0.910. The summed E-state index contributed by atoms with van der Waals surface area (Å²) in [6.45, 7) is 1.09. The van der Waals surface area contributed by atoms with E-state index in [0.717, 1.165) is 23.2 Å². The van der Waals surface area contributed by atoms with Crippen molar-refractivity contribution >= 4 is 47.1 Å². The second-order valence-corrected chi connectivity index (χ2v) is 4.80. The van der Waals surface area contributed by atoms with Crippen LogP contribution in [0.5, 0.6) is 0 Å². The molecule has 2 aromatic heterocycles. The van der Waals surface area contributed by atoms with Crippen molar-refractivity contribution in [2.24, 2.45) is 0 Å². The Hall–Kier alpha value is -0.950. The van der Waals surface area contributed by atoms with E-state index in [1.165, 1.54) is 12.8 Å². The molecule has 1 saturated heterocycles. The lowest BCUT2D eigenvalue weighted by Crippen LogP contribution is -2.13. The second kappa shape index (κ2) is 7.59. The minimum atomic E-state index is 0. The molecule has 0 bridgehead atoms. The number of halogens is 2. The Kier molecular flexibility index (Phi) is 6.44. The molecule has 0 amide bonds. The molecule has 3 rings (SSSR count). The molecule has 0 aliphatic carbocycles. The zero-order valence-electron chi connectivity index (χ0n) is 10.1. The SMILES string of the molecule is Cl.Cl.c1cnc(Nc2nc(C3CCCN3)cs2)cn1. The lowest BCUT2D eigenvalue weighted by molar-refractivity contribution is 0.632. The molecule has 0 aromatic carbocycles. The number of anilines is 2. The van der Waals surface area contributed by atoms with E-state index in [4.69, 9.17) is 0 Å². The predicted octanol–water partition coefficient (Wildman–Crippen LogP) is 2.94. The van der Waals surface area contributed by atoms with Crippen molar-refractivity contribution in [3.63, 3.8) is 0 Å². The van der Waals surface area contributed by atoms with Gasteiger partial charge in [0.05, 0.1) is 17.9 Å². The maximum atomic E-state index is 4.56. The van der Waals surface area contributed by atoms with Crippen LogP contribution in [0.2, 0.25) is 0 Å². The van der Waals surface area contributed by atoms with Gasteiger partial charge in [0.25, 0.3) is 0 Å². The topological polar surface area (TPSA) is 62.7 Å². The normalized spacial score (nSPS) is 17.4. The summed E-state index contributed by atoms with van der Waals surface area (Å²) in [6, 6.07) is 0.420. The first-order chi connectivity index (χ1) is 8.42. The Balaban J connectivity index is 0.000000902. The van der Waals surface area contributed by atoms with Gasteiger partial charge in [0.1, 0.15) is 0 Å². The second-order valence-electron chi connectivity index (χ2n) is 3.94. The van der Waals surface area contributed by atoms with Crippen LogP contribution < -0.4 is 10.6 Å². The first-order valence-corrected chi connectivity index (χ1v) is 6.51. The predicted molar refractivity (Wildman–Crippen MR) is 81.9 cm³/mol. The maximum Gasteiger partial charge on any atom is 0.188 e. The fourth-order valence-corrected chi connectivity index (χ4v) is 2.68. The molecule has 3 heterocycles. The fraction of sp³-hybridized carbons (Fsp3) is 0.364. The number of thiazole rings is 1. The summed E-state index contributed by atoms with van der Waals surface area (Å²) in [7, 11) is 0. The Morgan fingerprint density at radius 3 is 2.89 bits per heavy atom. The summed E-state index contributed by atoms with van der Waals surface area (Å²) in [5.74, 6) is 0.729. The maximum absolute atomic E-state index is 4.56. The minimum Gasteiger partial charge on any atom is -0.315 e. The van der Waals surface area contributed by atoms with Crippen LogP contribution in [0.3, 0.4) is 0 Å². The van der Waals surface area contributed by atoms with Crippen molar-refractivity contribution in [2.45, 2.75) is 18.9 Å². The Labute approximate surface area is 128 Å². The number of hydrogen-bond acceptors (Lipinski definition) is 6. The molecule has 1 fully saturated rings. The largest absolute Gasteiger partial charge is 0.315 e. The molecular weight excluding hydrogens is 305 g/mol. The number of rotatable bonds is 3. The Bertz CT molecular complexity index is 487. The number of nitrogens with zero attached hydrogens (tertiary/aromatic N) is 3. The van der Waals surface area contributed by atoms with E-state index in [-0.39, 0.29) is 24.8 Å². The van der Waals surface area contributed by atoms with Gasteiger partial charge in [0, 0.05) is 17.8 Å². The molecule has 5 nitrogen and oxygen atoms in total. The molecule has 0 spiro atoms. The zero-order valence-corrected chi connectivity index (χ0v) is 12.5. The van der Waals surface area contributed by atoms with Gasteiger partial charge in [-0.05, 0) is 19.4 Å². The highest BCUT2D eigenvalue weighted by Crippen LogP contribution is 2.27. The van der Waals surface area contributed by atoms with Gasteiger partial charge in [0.2, 0.25) is 0 Å². The summed E-state index contributed by atoms with van der Waals surface area (Å²) in [5.41, 5.74) is 1.12. The van der Waals surface area contributed by atoms with Gasteiger partial charge in [-0.15, -0.1) is 36.2 Å². The highest BCUT2D eigenvalue weighted by molar-refractivity contribution is 7.13. The van der Waals surface area contributed by atoms with Gasteiger partial charge in [-0.2, -0.15) is 0 Å². The third-order valence-electron chi connectivity index (χ3n) is 2.74. The third-order valence-corrected chi connectivity index (χ3v) is 3.51. The van der Waals surface area contributed by atoms with Crippen molar-refractivity contribution in [3.8, 4) is 0 Å². The molecule has 1 aliphatic rings. The van der Waals surface area contributed by atoms with E-state index < -0.39 is 0 Å². The summed E-state index contributed by atoms with van der Waals surface area (Å²) in [6.07, 6.45) is 7.41. The van der Waals surface area contributed by atoms with E-state index in [2.05, 4.69) is 31.0 Å². The van der Waals surface area contributed by atoms with Crippen molar-refractivity contribution in [1.82, 2.24) is 20.3 Å². The molecule has 19 heavy (non-hydrogen) atoms. The van der Waals surface area contributed by atoms with Crippen LogP contribution in [0.15, 0.2) is 24.0 Å². The molecule has 8 heteroatoms. The van der Waals surface area contributed by atoms with Crippen LogP contribution in [-0.2, 0) is 0 Å². The molecule has 1 atom stereocenters. The lowest BCUT2D eigenvalue weighted by atomic mass is 10.2. The van der Waals surface area contributed by atoms with E-state index >= 15 is 0 Å². The van der Waals surface area contributed by atoms with Gasteiger partial charge >= 0.3 is 0 Å². The van der Waals surface area contributed by atoms with E-state index in [0.29, 0.717) is 6.04 Å². The van der Waals surface area contributed by atoms with Crippen LogP contribution in [0, 0.1) is 0 Å². The van der Waals surface area contributed by atoms with E-state index in [1.807, 2.05) is 0 Å². The van der Waals surface area contributed by atoms with Gasteiger partial charge in [-0.25, -0.2) is 9.97 Å². The monoisotopic (exact) mass is 319 g/mol. The van der Waals surface area contributed by atoms with Gasteiger partial charge < -0.3 is 10.6 Å². The Morgan fingerprint density at radius 2 is 2.21 bits per heavy atom. The third kappa shape index (κ3) is 4.01. The zero-order chi connectivity index (χ0) is 11.5. The lowest BCUT2D eigenvalue weighted by Gasteiger charge is -2.05. The molecule has 2 N–H and O–H groups in total. The molecule has 1 unspecified atom stereocenters. The summed E-state index contributed by atoms with van der Waals surface area (Å²) in [5, 5.41) is 9.56. The Morgan fingerprint density at radius 1 is 1.32 bits per heavy atom. The smallest absolute Gasteiger partial charge is 0.188 e. The van der Waals surface area contributed by atoms with Crippen LogP contribution in [-0.4, -0.2) is 21.5 Å². The standard InChI is InChI=1S/C11H13N5S.2ClH/c1-2-8(13-3-1)9-7-17-11(15-9)16-10-6-12-4-5-14-10;;/h4-8,13H,1-3H2,(H,14,15,16);2*1H. The molecule has 2 aromatic rings. The van der Waals surface area contributed by atoms with Gasteiger partial charge in [-0.1, -0.05) is 0 Å². The molecular formula is C11H15Cl2N5S. The highest BCUT2D eigenvalue weighted by Gasteiger charge is 2.18. The van der Waals surface area contributed by atoms with Crippen molar-refractivity contribution < 1.29 is 0 Å². The van der Waals surface area contributed by atoms with Crippen LogP contribution in [0.25, 0.3) is 0 Å². The molecule has 1 aliphatic heterocycles. The summed E-state index contributed by atoms with van der Waals surface area (Å²) in [4.78, 5) is 12.7. The van der Waals surface area contributed by atoms with Crippen molar-refractivity contribution in [2.75, 3.05) is 11.9 Å². The van der Waals surface area contributed by atoms with E-state index in [1.54, 1.807) is 29.9 Å². The molecule has 104 valence electrons. The first kappa shape index (κ1) is 16.1. The van der Waals surface area contributed by atoms with Crippen LogP contribution >= 0.6 is 36.2 Å². The van der Waals surface area contributed by atoms with Crippen molar-refractivity contribution in [3.05, 3.63) is 29.7 Å². The fourth-order valence-electron chi connectivity index (χ4n) is 1.91. The number of aromatic nitrogens is 3. The van der Waals surface area contributed by atoms with Gasteiger partial charge in [-0.3, -0.25) is 4.98 Å². The number of hydrogen-bond donors (Lipinski definition) is 2. The number of nitrogens with one attached hydrogen (secondary N) is 2.